The van der Waals surface area contributed by atoms with Crippen LogP contribution in [0.15, 0.2) is 22.7 Å². The lowest BCUT2D eigenvalue weighted by molar-refractivity contribution is 0.0626. The van der Waals surface area contributed by atoms with Crippen LogP contribution in [0, 0.1) is 6.92 Å². The molecule has 0 amide bonds. The Morgan fingerprint density at radius 1 is 1.31 bits per heavy atom. The maximum atomic E-state index is 5.65. The van der Waals surface area contributed by atoms with Gasteiger partial charge in [0, 0.05) is 4.47 Å². The van der Waals surface area contributed by atoms with Crippen molar-refractivity contribution < 1.29 is 4.74 Å². The van der Waals surface area contributed by atoms with Gasteiger partial charge in [-0.25, -0.2) is 0 Å². The van der Waals surface area contributed by atoms with Gasteiger partial charge >= 0.3 is 0 Å². The Hall–Kier alpha value is -0.380. The molecule has 16 heavy (non-hydrogen) atoms. The molecule has 1 N–H and O–H groups in total. The highest BCUT2D eigenvalue weighted by molar-refractivity contribution is 9.10. The molecule has 1 rings (SSSR count). The second-order valence-corrected chi connectivity index (χ2v) is 5.20. The van der Waals surface area contributed by atoms with Gasteiger partial charge in [-0.05, 0) is 51.1 Å². The highest BCUT2D eigenvalue weighted by atomic mass is 79.9. The van der Waals surface area contributed by atoms with Gasteiger partial charge in [0.1, 0.15) is 0 Å². The molecule has 0 saturated carbocycles. The number of ether oxygens (including phenoxy) is 1. The SMILES string of the molecule is CNC(COC(C)C)c1cc(C)cc(Br)c1. The molecule has 1 atom stereocenters. The zero-order chi connectivity index (χ0) is 12.1. The molecule has 0 spiro atoms. The van der Waals surface area contributed by atoms with E-state index in [2.05, 4.69) is 60.2 Å². The maximum absolute atomic E-state index is 5.65. The molecule has 0 fully saturated rings. The van der Waals surface area contributed by atoms with Crippen LogP contribution in [0.1, 0.15) is 31.0 Å². The van der Waals surface area contributed by atoms with Gasteiger partial charge in [-0.1, -0.05) is 22.0 Å². The molecule has 2 nitrogen and oxygen atoms in total. The first kappa shape index (κ1) is 13.7. The predicted molar refractivity (Wildman–Crippen MR) is 71.8 cm³/mol. The Morgan fingerprint density at radius 2 is 2.00 bits per heavy atom. The number of aryl methyl sites for hydroxylation is 1. The van der Waals surface area contributed by atoms with Crippen molar-refractivity contribution in [3.63, 3.8) is 0 Å². The Kier molecular flexibility index (Phi) is 5.46. The third kappa shape index (κ3) is 4.24. The standard InChI is InChI=1S/C13H20BrNO/c1-9(2)16-8-13(15-4)11-5-10(3)6-12(14)7-11/h5-7,9,13,15H,8H2,1-4H3. The van der Waals surface area contributed by atoms with Crippen molar-refractivity contribution in [3.05, 3.63) is 33.8 Å². The van der Waals surface area contributed by atoms with Crippen LogP contribution in [0.2, 0.25) is 0 Å². The first-order valence-electron chi connectivity index (χ1n) is 5.59. The van der Waals surface area contributed by atoms with Crippen LogP contribution in [0.5, 0.6) is 0 Å². The van der Waals surface area contributed by atoms with Crippen LogP contribution in [0.4, 0.5) is 0 Å². The summed E-state index contributed by atoms with van der Waals surface area (Å²) in [5.74, 6) is 0. The number of nitrogens with one attached hydrogen (secondary N) is 1. The third-order valence-electron chi connectivity index (χ3n) is 2.41. The molecule has 0 aliphatic rings. The number of rotatable bonds is 5. The molecule has 0 bridgehead atoms. The molecule has 1 aromatic carbocycles. The first-order valence-corrected chi connectivity index (χ1v) is 6.38. The van der Waals surface area contributed by atoms with Crippen molar-refractivity contribution in [2.75, 3.05) is 13.7 Å². The largest absolute Gasteiger partial charge is 0.377 e. The average Bonchev–Trinajstić information content (AvgIpc) is 2.16. The summed E-state index contributed by atoms with van der Waals surface area (Å²) in [4.78, 5) is 0. The minimum Gasteiger partial charge on any atom is -0.377 e. The van der Waals surface area contributed by atoms with Crippen LogP contribution in [0.3, 0.4) is 0 Å². The molecule has 90 valence electrons. The molecule has 0 aromatic heterocycles. The number of hydrogen-bond acceptors (Lipinski definition) is 2. The summed E-state index contributed by atoms with van der Waals surface area (Å²) in [7, 11) is 1.96. The molecule has 0 aliphatic carbocycles. The van der Waals surface area contributed by atoms with Crippen LogP contribution in [-0.2, 0) is 4.74 Å². The van der Waals surface area contributed by atoms with E-state index in [0.29, 0.717) is 6.61 Å². The van der Waals surface area contributed by atoms with Gasteiger partial charge in [-0.2, -0.15) is 0 Å². The second kappa shape index (κ2) is 6.38. The molecule has 0 saturated heterocycles. The maximum Gasteiger partial charge on any atom is 0.0664 e. The smallest absolute Gasteiger partial charge is 0.0664 e. The summed E-state index contributed by atoms with van der Waals surface area (Å²) in [5.41, 5.74) is 2.52. The normalized spacial score (nSPS) is 13.1. The fraction of sp³-hybridized carbons (Fsp3) is 0.538. The lowest BCUT2D eigenvalue weighted by atomic mass is 10.1. The summed E-state index contributed by atoms with van der Waals surface area (Å²) in [6.07, 6.45) is 0.268. The minimum absolute atomic E-state index is 0.249. The van der Waals surface area contributed by atoms with E-state index in [0.717, 1.165) is 4.47 Å². The third-order valence-corrected chi connectivity index (χ3v) is 2.87. The fourth-order valence-electron chi connectivity index (χ4n) is 1.60. The number of halogens is 1. The van der Waals surface area contributed by atoms with Crippen LogP contribution < -0.4 is 5.32 Å². The monoisotopic (exact) mass is 285 g/mol. The highest BCUT2D eigenvalue weighted by Gasteiger charge is 2.11. The van der Waals surface area contributed by atoms with E-state index in [1.807, 2.05) is 7.05 Å². The molecule has 1 unspecified atom stereocenters. The Balaban J connectivity index is 2.78. The van der Waals surface area contributed by atoms with Gasteiger partial charge < -0.3 is 10.1 Å². The summed E-state index contributed by atoms with van der Waals surface area (Å²) in [6.45, 7) is 6.91. The lowest BCUT2D eigenvalue weighted by Gasteiger charge is -2.19. The number of hydrogen-bond donors (Lipinski definition) is 1. The summed E-state index contributed by atoms with van der Waals surface area (Å²) < 4.78 is 6.77. The van der Waals surface area contributed by atoms with Crippen LogP contribution >= 0.6 is 15.9 Å². The average molecular weight is 286 g/mol. The van der Waals surface area contributed by atoms with Crippen LogP contribution in [0.25, 0.3) is 0 Å². The van der Waals surface area contributed by atoms with Crippen molar-refractivity contribution in [1.29, 1.82) is 0 Å². The Morgan fingerprint density at radius 3 is 2.50 bits per heavy atom. The highest BCUT2D eigenvalue weighted by Crippen LogP contribution is 2.21. The van der Waals surface area contributed by atoms with Crippen molar-refractivity contribution in [3.8, 4) is 0 Å². The van der Waals surface area contributed by atoms with Crippen molar-refractivity contribution >= 4 is 15.9 Å². The van der Waals surface area contributed by atoms with Gasteiger partial charge in [-0.3, -0.25) is 0 Å². The van der Waals surface area contributed by atoms with E-state index < -0.39 is 0 Å². The molecular weight excluding hydrogens is 266 g/mol. The van der Waals surface area contributed by atoms with Gasteiger partial charge in [0.15, 0.2) is 0 Å². The van der Waals surface area contributed by atoms with Crippen LogP contribution in [-0.4, -0.2) is 19.8 Å². The van der Waals surface area contributed by atoms with E-state index in [1.54, 1.807) is 0 Å². The summed E-state index contributed by atoms with van der Waals surface area (Å²) in [5, 5.41) is 3.28. The summed E-state index contributed by atoms with van der Waals surface area (Å²) in [6, 6.07) is 6.69. The zero-order valence-corrected chi connectivity index (χ0v) is 12.0. The van der Waals surface area contributed by atoms with Crippen molar-refractivity contribution in [2.24, 2.45) is 0 Å². The molecular formula is C13H20BrNO. The van der Waals surface area contributed by atoms with Gasteiger partial charge in [-0.15, -0.1) is 0 Å². The van der Waals surface area contributed by atoms with E-state index in [9.17, 15) is 0 Å². The first-order chi connectivity index (χ1) is 7.52. The van der Waals surface area contributed by atoms with Crippen molar-refractivity contribution in [2.45, 2.75) is 32.9 Å². The molecule has 1 aromatic rings. The van der Waals surface area contributed by atoms with Crippen molar-refractivity contribution in [1.82, 2.24) is 5.32 Å². The van der Waals surface area contributed by atoms with Gasteiger partial charge in [0.25, 0.3) is 0 Å². The summed E-state index contributed by atoms with van der Waals surface area (Å²) >= 11 is 3.52. The fourth-order valence-corrected chi connectivity index (χ4v) is 2.23. The predicted octanol–water partition coefficient (Wildman–Crippen LogP) is 3.44. The van der Waals surface area contributed by atoms with E-state index >= 15 is 0 Å². The minimum atomic E-state index is 0.249. The molecule has 0 aliphatic heterocycles. The topological polar surface area (TPSA) is 21.3 Å². The lowest BCUT2D eigenvalue weighted by Crippen LogP contribution is -2.23. The Bertz CT molecular complexity index is 318. The Labute approximate surface area is 107 Å². The van der Waals surface area contributed by atoms with E-state index in [-0.39, 0.29) is 12.1 Å². The second-order valence-electron chi connectivity index (χ2n) is 4.29. The zero-order valence-electron chi connectivity index (χ0n) is 10.4. The molecule has 3 heteroatoms. The number of benzene rings is 1. The molecule has 0 radical (unpaired) electrons. The molecule has 0 heterocycles. The number of likely N-dealkylation sites (N-methyl/N-ethyl adjacent to an activating group) is 1. The van der Waals surface area contributed by atoms with Gasteiger partial charge in [0.2, 0.25) is 0 Å². The van der Waals surface area contributed by atoms with E-state index in [1.165, 1.54) is 11.1 Å². The van der Waals surface area contributed by atoms with E-state index in [4.69, 9.17) is 4.74 Å². The quantitative estimate of drug-likeness (QED) is 0.895. The van der Waals surface area contributed by atoms with Gasteiger partial charge in [0.05, 0.1) is 18.8 Å².